The van der Waals surface area contributed by atoms with Gasteiger partial charge in [0.1, 0.15) is 5.82 Å². The molecule has 1 aromatic carbocycles. The van der Waals surface area contributed by atoms with Crippen molar-refractivity contribution in [2.24, 2.45) is 5.92 Å². The molecule has 7 heteroatoms. The Morgan fingerprint density at radius 1 is 1.25 bits per heavy atom. The Labute approximate surface area is 111 Å². The second-order valence-corrected chi connectivity index (χ2v) is 4.55. The van der Waals surface area contributed by atoms with Crippen molar-refractivity contribution < 1.29 is 31.9 Å². The van der Waals surface area contributed by atoms with Gasteiger partial charge in [0.2, 0.25) is 0 Å². The SMILES string of the molecule is O=C(Cc1ccc(C(F)(F)F)cc1F)OC(=O)C1CC1. The number of rotatable bonds is 3. The summed E-state index contributed by atoms with van der Waals surface area (Å²) < 4.78 is 54.9. The Kier molecular flexibility index (Phi) is 3.78. The summed E-state index contributed by atoms with van der Waals surface area (Å²) in [5, 5.41) is 0. The van der Waals surface area contributed by atoms with E-state index in [1.807, 2.05) is 0 Å². The molecule has 0 aromatic heterocycles. The number of hydrogen-bond donors (Lipinski definition) is 0. The van der Waals surface area contributed by atoms with Gasteiger partial charge >= 0.3 is 18.1 Å². The summed E-state index contributed by atoms with van der Waals surface area (Å²) in [6.45, 7) is 0. The lowest BCUT2D eigenvalue weighted by atomic mass is 10.1. The Bertz CT molecular complexity index is 547. The van der Waals surface area contributed by atoms with Crippen LogP contribution in [0, 0.1) is 11.7 Å². The van der Waals surface area contributed by atoms with E-state index in [4.69, 9.17) is 0 Å². The van der Waals surface area contributed by atoms with E-state index in [0.717, 1.165) is 6.07 Å². The van der Waals surface area contributed by atoms with Gasteiger partial charge in [-0.1, -0.05) is 6.07 Å². The van der Waals surface area contributed by atoms with Gasteiger partial charge < -0.3 is 4.74 Å². The van der Waals surface area contributed by atoms with Gasteiger partial charge in [-0.25, -0.2) is 4.39 Å². The van der Waals surface area contributed by atoms with E-state index in [-0.39, 0.29) is 11.5 Å². The maximum atomic E-state index is 13.5. The molecular weight excluding hydrogens is 280 g/mol. The molecule has 0 amide bonds. The number of carbonyl (C=O) groups is 2. The maximum Gasteiger partial charge on any atom is 0.416 e. The van der Waals surface area contributed by atoms with Crippen molar-refractivity contribution >= 4 is 11.9 Å². The van der Waals surface area contributed by atoms with Crippen molar-refractivity contribution in [1.82, 2.24) is 0 Å². The number of carbonyl (C=O) groups excluding carboxylic acids is 2. The van der Waals surface area contributed by atoms with Crippen LogP contribution in [-0.4, -0.2) is 11.9 Å². The molecule has 0 bridgehead atoms. The van der Waals surface area contributed by atoms with Gasteiger partial charge in [-0.3, -0.25) is 9.59 Å². The van der Waals surface area contributed by atoms with Crippen molar-refractivity contribution in [3.05, 3.63) is 35.1 Å². The topological polar surface area (TPSA) is 43.4 Å². The van der Waals surface area contributed by atoms with Gasteiger partial charge in [-0.15, -0.1) is 0 Å². The molecule has 2 rings (SSSR count). The molecule has 0 atom stereocenters. The van der Waals surface area contributed by atoms with E-state index < -0.39 is 35.9 Å². The fourth-order valence-electron chi connectivity index (χ4n) is 1.57. The quantitative estimate of drug-likeness (QED) is 0.488. The van der Waals surface area contributed by atoms with E-state index in [1.54, 1.807) is 0 Å². The number of esters is 2. The number of alkyl halides is 3. The van der Waals surface area contributed by atoms with Crippen LogP contribution in [0.2, 0.25) is 0 Å². The van der Waals surface area contributed by atoms with E-state index in [0.29, 0.717) is 25.0 Å². The van der Waals surface area contributed by atoms with E-state index >= 15 is 0 Å². The monoisotopic (exact) mass is 290 g/mol. The van der Waals surface area contributed by atoms with Gasteiger partial charge in [-0.2, -0.15) is 13.2 Å². The van der Waals surface area contributed by atoms with Crippen LogP contribution in [0.25, 0.3) is 0 Å². The smallest absolute Gasteiger partial charge is 0.393 e. The second kappa shape index (κ2) is 5.22. The minimum Gasteiger partial charge on any atom is -0.393 e. The highest BCUT2D eigenvalue weighted by molar-refractivity contribution is 5.88. The van der Waals surface area contributed by atoms with E-state index in [1.165, 1.54) is 0 Å². The summed E-state index contributed by atoms with van der Waals surface area (Å²) in [5.41, 5.74) is -1.38. The zero-order valence-corrected chi connectivity index (χ0v) is 10.2. The first kappa shape index (κ1) is 14.5. The van der Waals surface area contributed by atoms with Crippen molar-refractivity contribution in [3.8, 4) is 0 Å². The molecule has 1 aliphatic rings. The summed E-state index contributed by atoms with van der Waals surface area (Å²) in [4.78, 5) is 22.5. The average molecular weight is 290 g/mol. The Morgan fingerprint density at radius 2 is 1.90 bits per heavy atom. The fourth-order valence-corrected chi connectivity index (χ4v) is 1.57. The third-order valence-electron chi connectivity index (χ3n) is 2.84. The molecule has 0 aliphatic heterocycles. The fraction of sp³-hybridized carbons (Fsp3) is 0.385. The van der Waals surface area contributed by atoms with Crippen LogP contribution in [-0.2, 0) is 26.9 Å². The highest BCUT2D eigenvalue weighted by atomic mass is 19.4. The van der Waals surface area contributed by atoms with Crippen molar-refractivity contribution in [1.29, 1.82) is 0 Å². The first-order valence-corrected chi connectivity index (χ1v) is 5.87. The number of ether oxygens (including phenoxy) is 1. The molecule has 0 saturated heterocycles. The van der Waals surface area contributed by atoms with Gasteiger partial charge in [-0.05, 0) is 30.5 Å². The van der Waals surface area contributed by atoms with Crippen LogP contribution in [0.15, 0.2) is 18.2 Å². The summed E-state index contributed by atoms with van der Waals surface area (Å²) in [6.07, 6.45) is -3.92. The summed E-state index contributed by atoms with van der Waals surface area (Å²) in [7, 11) is 0. The summed E-state index contributed by atoms with van der Waals surface area (Å²) in [5.74, 6) is -3.07. The standard InChI is InChI=1S/C13H10F4O3/c14-10-6-9(13(15,16)17)4-3-8(10)5-11(18)20-12(19)7-1-2-7/h3-4,6-7H,1-2,5H2. The first-order chi connectivity index (χ1) is 9.27. The van der Waals surface area contributed by atoms with Crippen LogP contribution in [0.4, 0.5) is 17.6 Å². The van der Waals surface area contributed by atoms with Crippen molar-refractivity contribution in [2.45, 2.75) is 25.4 Å². The minimum atomic E-state index is -4.65. The van der Waals surface area contributed by atoms with Crippen molar-refractivity contribution in [3.63, 3.8) is 0 Å². The van der Waals surface area contributed by atoms with Gasteiger partial charge in [0.15, 0.2) is 0 Å². The van der Waals surface area contributed by atoms with Crippen LogP contribution in [0.1, 0.15) is 24.0 Å². The summed E-state index contributed by atoms with van der Waals surface area (Å²) in [6, 6.07) is 1.85. The Morgan fingerprint density at radius 3 is 2.40 bits per heavy atom. The molecule has 0 unspecified atom stereocenters. The lowest BCUT2D eigenvalue weighted by Gasteiger charge is -2.08. The first-order valence-electron chi connectivity index (χ1n) is 5.87. The summed E-state index contributed by atoms with van der Waals surface area (Å²) >= 11 is 0. The van der Waals surface area contributed by atoms with Crippen LogP contribution < -0.4 is 0 Å². The van der Waals surface area contributed by atoms with Gasteiger partial charge in [0.25, 0.3) is 0 Å². The highest BCUT2D eigenvalue weighted by Crippen LogP contribution is 2.31. The third-order valence-corrected chi connectivity index (χ3v) is 2.84. The lowest BCUT2D eigenvalue weighted by Crippen LogP contribution is -2.16. The molecule has 1 fully saturated rings. The highest BCUT2D eigenvalue weighted by Gasteiger charge is 2.33. The third kappa shape index (κ3) is 3.55. The predicted octanol–water partition coefficient (Wildman–Crippen LogP) is 2.87. The number of hydrogen-bond acceptors (Lipinski definition) is 3. The van der Waals surface area contributed by atoms with E-state index in [2.05, 4.69) is 4.74 Å². The minimum absolute atomic E-state index is 0.244. The second-order valence-electron chi connectivity index (χ2n) is 4.55. The lowest BCUT2D eigenvalue weighted by molar-refractivity contribution is -0.160. The zero-order valence-electron chi connectivity index (χ0n) is 10.2. The number of benzene rings is 1. The molecule has 0 N–H and O–H groups in total. The average Bonchev–Trinajstić information content (AvgIpc) is 3.14. The van der Waals surface area contributed by atoms with Crippen LogP contribution in [0.3, 0.4) is 0 Å². The molecule has 108 valence electrons. The maximum absolute atomic E-state index is 13.5. The zero-order chi connectivity index (χ0) is 14.9. The molecule has 1 aliphatic carbocycles. The molecule has 0 heterocycles. The van der Waals surface area contributed by atoms with Gasteiger partial charge in [0.05, 0.1) is 17.9 Å². The molecular formula is C13H10F4O3. The molecule has 1 aromatic rings. The molecule has 0 radical (unpaired) electrons. The normalized spacial score (nSPS) is 15.0. The molecule has 3 nitrogen and oxygen atoms in total. The Balaban J connectivity index is 2.02. The van der Waals surface area contributed by atoms with E-state index in [9.17, 15) is 27.2 Å². The van der Waals surface area contributed by atoms with Crippen LogP contribution >= 0.6 is 0 Å². The van der Waals surface area contributed by atoms with Gasteiger partial charge in [0, 0.05) is 0 Å². The largest absolute Gasteiger partial charge is 0.416 e. The van der Waals surface area contributed by atoms with Crippen LogP contribution in [0.5, 0.6) is 0 Å². The number of halogens is 4. The Hall–Kier alpha value is -1.92. The molecule has 1 saturated carbocycles. The molecule has 20 heavy (non-hydrogen) atoms. The predicted molar refractivity (Wildman–Crippen MR) is 58.9 cm³/mol. The van der Waals surface area contributed by atoms with Crippen molar-refractivity contribution in [2.75, 3.05) is 0 Å². The molecule has 0 spiro atoms.